The van der Waals surface area contributed by atoms with Crippen molar-refractivity contribution in [3.8, 4) is 0 Å². The predicted octanol–water partition coefficient (Wildman–Crippen LogP) is 7.24. The molecule has 47 heavy (non-hydrogen) atoms. The van der Waals surface area contributed by atoms with Crippen molar-refractivity contribution in [2.75, 3.05) is 10.8 Å². The van der Waals surface area contributed by atoms with Gasteiger partial charge >= 0.3 is 0 Å². The second-order valence-corrected chi connectivity index (χ2v) is 14.5. The number of sulfonamides is 1. The zero-order valence-electron chi connectivity index (χ0n) is 26.9. The molecule has 2 amide bonds. The van der Waals surface area contributed by atoms with E-state index in [0.29, 0.717) is 16.3 Å². The first kappa shape index (κ1) is 34.2. The maximum atomic E-state index is 14.8. The molecule has 0 spiro atoms. The highest BCUT2D eigenvalue weighted by molar-refractivity contribution is 7.92. The van der Waals surface area contributed by atoms with Crippen molar-refractivity contribution in [3.63, 3.8) is 0 Å². The maximum Gasteiger partial charge on any atom is 0.264 e. The summed E-state index contributed by atoms with van der Waals surface area (Å²) in [5, 5.41) is 3.63. The molecule has 5 rings (SSSR count). The van der Waals surface area contributed by atoms with Crippen LogP contribution >= 0.6 is 11.6 Å². The fraction of sp³-hybridized carbons (Fsp3) is 0.316. The third-order valence-corrected chi connectivity index (χ3v) is 11.1. The van der Waals surface area contributed by atoms with E-state index in [1.165, 1.54) is 12.1 Å². The van der Waals surface area contributed by atoms with Crippen molar-refractivity contribution in [1.82, 2.24) is 10.2 Å². The molecule has 4 aromatic rings. The molecule has 1 atom stereocenters. The number of nitrogens with one attached hydrogen (secondary N) is 1. The Morgan fingerprint density at radius 1 is 0.830 bits per heavy atom. The average molecular weight is 672 g/mol. The topological polar surface area (TPSA) is 86.8 Å². The molecule has 1 N–H and O–H groups in total. The van der Waals surface area contributed by atoms with E-state index in [1.807, 2.05) is 61.5 Å². The van der Waals surface area contributed by atoms with Crippen LogP contribution in [0.3, 0.4) is 0 Å². The molecule has 1 fully saturated rings. The minimum Gasteiger partial charge on any atom is -0.352 e. The van der Waals surface area contributed by atoms with Gasteiger partial charge in [0.25, 0.3) is 10.0 Å². The van der Waals surface area contributed by atoms with E-state index in [4.69, 9.17) is 11.6 Å². The van der Waals surface area contributed by atoms with Crippen molar-refractivity contribution >= 4 is 39.1 Å². The molecule has 0 bridgehead atoms. The van der Waals surface area contributed by atoms with E-state index >= 15 is 0 Å². The Hall–Kier alpha value is -4.14. The van der Waals surface area contributed by atoms with E-state index in [-0.39, 0.29) is 29.8 Å². The van der Waals surface area contributed by atoms with Crippen molar-refractivity contribution in [1.29, 1.82) is 0 Å². The van der Waals surface area contributed by atoms with Gasteiger partial charge in [-0.15, -0.1) is 0 Å². The lowest BCUT2D eigenvalue weighted by Gasteiger charge is -2.35. The van der Waals surface area contributed by atoms with Gasteiger partial charge in [0, 0.05) is 24.0 Å². The molecule has 9 heteroatoms. The van der Waals surface area contributed by atoms with Crippen LogP contribution in [0.15, 0.2) is 108 Å². The number of aryl methyl sites for hydroxylation is 1. The number of halogens is 1. The van der Waals surface area contributed by atoms with E-state index in [1.54, 1.807) is 48.2 Å². The van der Waals surface area contributed by atoms with Gasteiger partial charge in [0.05, 0.1) is 10.6 Å². The van der Waals surface area contributed by atoms with Gasteiger partial charge in [0.2, 0.25) is 11.8 Å². The van der Waals surface area contributed by atoms with Crippen LogP contribution < -0.4 is 9.62 Å². The number of amides is 2. The van der Waals surface area contributed by atoms with Crippen LogP contribution in [0.5, 0.6) is 0 Å². The van der Waals surface area contributed by atoms with Gasteiger partial charge in [0.15, 0.2) is 0 Å². The van der Waals surface area contributed by atoms with Gasteiger partial charge in [-0.2, -0.15) is 0 Å². The summed E-state index contributed by atoms with van der Waals surface area (Å²) < 4.78 is 29.6. The Morgan fingerprint density at radius 2 is 1.47 bits per heavy atom. The fourth-order valence-electron chi connectivity index (χ4n) is 6.17. The number of hydrogen-bond donors (Lipinski definition) is 1. The molecule has 0 heterocycles. The molecule has 246 valence electrons. The third kappa shape index (κ3) is 8.42. The lowest BCUT2D eigenvalue weighted by molar-refractivity contribution is -0.140. The van der Waals surface area contributed by atoms with Crippen LogP contribution in [-0.4, -0.2) is 43.8 Å². The smallest absolute Gasteiger partial charge is 0.264 e. The number of carbonyl (C=O) groups excluding carboxylic acids is 2. The number of nitrogens with zero attached hydrogens (tertiary/aromatic N) is 2. The normalized spacial score (nSPS) is 14.3. The summed E-state index contributed by atoms with van der Waals surface area (Å²) in [6.07, 6.45) is 5.31. The van der Waals surface area contributed by atoms with Gasteiger partial charge in [0.1, 0.15) is 12.6 Å². The average Bonchev–Trinajstić information content (AvgIpc) is 3.08. The van der Waals surface area contributed by atoms with E-state index in [2.05, 4.69) is 5.32 Å². The van der Waals surface area contributed by atoms with Gasteiger partial charge in [-0.05, 0) is 73.2 Å². The lowest BCUT2D eigenvalue weighted by atomic mass is 9.94. The third-order valence-electron chi connectivity index (χ3n) is 8.94. The second-order valence-electron chi connectivity index (χ2n) is 12.2. The highest BCUT2D eigenvalue weighted by atomic mass is 35.5. The van der Waals surface area contributed by atoms with Crippen molar-refractivity contribution in [2.45, 2.75) is 75.9 Å². The van der Waals surface area contributed by atoms with E-state index in [9.17, 15) is 18.0 Å². The molecule has 1 saturated carbocycles. The largest absolute Gasteiger partial charge is 0.352 e. The first-order valence-electron chi connectivity index (χ1n) is 16.2. The summed E-state index contributed by atoms with van der Waals surface area (Å²) in [4.78, 5) is 30.6. The van der Waals surface area contributed by atoms with Crippen LogP contribution in [0.2, 0.25) is 5.02 Å². The van der Waals surface area contributed by atoms with Crippen LogP contribution in [0.1, 0.15) is 54.4 Å². The summed E-state index contributed by atoms with van der Waals surface area (Å²) in [5.74, 6) is -0.731. The molecular formula is C38H42ClN3O4S. The van der Waals surface area contributed by atoms with E-state index in [0.717, 1.165) is 53.1 Å². The summed E-state index contributed by atoms with van der Waals surface area (Å²) in [6.45, 7) is 3.31. The molecule has 1 unspecified atom stereocenters. The fourth-order valence-corrected chi connectivity index (χ4v) is 7.83. The maximum absolute atomic E-state index is 14.8. The summed E-state index contributed by atoms with van der Waals surface area (Å²) in [7, 11) is -4.20. The van der Waals surface area contributed by atoms with E-state index < -0.39 is 28.5 Å². The van der Waals surface area contributed by atoms with Gasteiger partial charge in [-0.25, -0.2) is 8.42 Å². The first-order valence-corrected chi connectivity index (χ1v) is 18.0. The van der Waals surface area contributed by atoms with Crippen LogP contribution in [0.4, 0.5) is 5.69 Å². The van der Waals surface area contributed by atoms with Crippen LogP contribution in [0, 0.1) is 13.8 Å². The quantitative estimate of drug-likeness (QED) is 0.172. The summed E-state index contributed by atoms with van der Waals surface area (Å²) >= 11 is 6.48. The molecule has 1 aliphatic rings. The van der Waals surface area contributed by atoms with Gasteiger partial charge in [-0.3, -0.25) is 13.9 Å². The lowest BCUT2D eigenvalue weighted by Crippen LogP contribution is -2.55. The molecule has 0 aromatic heterocycles. The summed E-state index contributed by atoms with van der Waals surface area (Å²) in [5.41, 5.74) is 3.58. The van der Waals surface area contributed by atoms with Crippen LogP contribution in [-0.2, 0) is 32.6 Å². The molecular weight excluding hydrogens is 630 g/mol. The second kappa shape index (κ2) is 15.6. The molecule has 4 aromatic carbocycles. The zero-order chi connectivity index (χ0) is 33.4. The first-order chi connectivity index (χ1) is 22.6. The van der Waals surface area contributed by atoms with Crippen molar-refractivity contribution < 1.29 is 18.0 Å². The zero-order valence-corrected chi connectivity index (χ0v) is 28.5. The molecule has 7 nitrogen and oxygen atoms in total. The molecule has 0 saturated heterocycles. The Balaban J connectivity index is 1.59. The Morgan fingerprint density at radius 3 is 2.15 bits per heavy atom. The van der Waals surface area contributed by atoms with Gasteiger partial charge in [-0.1, -0.05) is 110 Å². The Bertz CT molecular complexity index is 1780. The minimum absolute atomic E-state index is 0.0361. The molecule has 0 aliphatic heterocycles. The van der Waals surface area contributed by atoms with Crippen molar-refractivity contribution in [3.05, 3.63) is 130 Å². The van der Waals surface area contributed by atoms with Gasteiger partial charge < -0.3 is 10.2 Å². The predicted molar refractivity (Wildman–Crippen MR) is 188 cm³/mol. The Labute approximate surface area is 283 Å². The Kier molecular flexibility index (Phi) is 11.4. The highest BCUT2D eigenvalue weighted by Crippen LogP contribution is 2.31. The SMILES string of the molecule is Cc1ccccc1CN(C(=O)CN(c1cccc(Cl)c1C)S(=O)(=O)c1ccccc1)C(Cc1ccccc1)C(=O)NC1CCCCC1. The highest BCUT2D eigenvalue weighted by Gasteiger charge is 2.36. The van der Waals surface area contributed by atoms with Crippen LogP contribution in [0.25, 0.3) is 0 Å². The molecule has 1 aliphatic carbocycles. The number of benzene rings is 4. The number of rotatable bonds is 12. The number of carbonyl (C=O) groups is 2. The number of anilines is 1. The van der Waals surface area contributed by atoms with Crippen molar-refractivity contribution in [2.24, 2.45) is 0 Å². The number of hydrogen-bond acceptors (Lipinski definition) is 4. The molecule has 0 radical (unpaired) electrons. The standard InChI is InChI=1S/C38H42ClN3O4S/c1-28-15-12-13-18-31(28)26-41(36(25-30-16-6-3-7-17-30)38(44)40-32-19-8-4-9-20-32)37(43)27-42(35-24-14-23-34(39)29(35)2)47(45,46)33-21-10-5-11-22-33/h3,5-7,10-18,21-24,32,36H,4,8-9,19-20,25-27H2,1-2H3,(H,40,44). The monoisotopic (exact) mass is 671 g/mol. The summed E-state index contributed by atoms with van der Waals surface area (Å²) in [6, 6.07) is 29.6. The minimum atomic E-state index is -4.20.